The second kappa shape index (κ2) is 10.5. The number of rotatable bonds is 10. The number of aryl methyl sites for hydroxylation is 1. The van der Waals surface area contributed by atoms with Gasteiger partial charge in [0.2, 0.25) is 0 Å². The van der Waals surface area contributed by atoms with Crippen molar-refractivity contribution in [1.29, 1.82) is 0 Å². The molecule has 0 unspecified atom stereocenters. The summed E-state index contributed by atoms with van der Waals surface area (Å²) in [6.07, 6.45) is 1.82. The second-order valence-corrected chi connectivity index (χ2v) is 6.93. The van der Waals surface area contributed by atoms with Crippen molar-refractivity contribution in [2.24, 2.45) is 0 Å². The van der Waals surface area contributed by atoms with Crippen LogP contribution in [-0.4, -0.2) is 25.2 Å². The van der Waals surface area contributed by atoms with Gasteiger partial charge in [0.25, 0.3) is 5.91 Å². The zero-order valence-corrected chi connectivity index (χ0v) is 17.2. The van der Waals surface area contributed by atoms with Crippen molar-refractivity contribution in [3.05, 3.63) is 72.3 Å². The number of carbonyl (C=O) groups excluding carboxylic acids is 1. The predicted octanol–water partition coefficient (Wildman–Crippen LogP) is 5.14. The normalized spacial score (nSPS) is 11.8. The van der Waals surface area contributed by atoms with Gasteiger partial charge in [0, 0.05) is 11.9 Å². The molecule has 0 aliphatic carbocycles. The Bertz CT molecular complexity index is 933. The Morgan fingerprint density at radius 3 is 2.48 bits per heavy atom. The minimum atomic E-state index is -0.503. The van der Waals surface area contributed by atoms with Crippen molar-refractivity contribution in [2.45, 2.75) is 39.2 Å². The van der Waals surface area contributed by atoms with Crippen LogP contribution >= 0.6 is 0 Å². The molecule has 4 nitrogen and oxygen atoms in total. The Morgan fingerprint density at radius 2 is 1.66 bits per heavy atom. The number of para-hydroxylation sites is 1. The number of nitrogens with one attached hydrogen (secondary N) is 1. The lowest BCUT2D eigenvalue weighted by molar-refractivity contribution is -0.128. The first-order valence-electron chi connectivity index (χ1n) is 10.4. The molecular formula is C25H29NO3. The number of hydrogen-bond donors (Lipinski definition) is 1. The molecule has 3 aromatic rings. The lowest BCUT2D eigenvalue weighted by Gasteiger charge is -2.18. The maximum Gasteiger partial charge on any atom is 0.261 e. The summed E-state index contributed by atoms with van der Waals surface area (Å²) in [5.74, 6) is 1.60. The van der Waals surface area contributed by atoms with Crippen molar-refractivity contribution in [2.75, 3.05) is 13.2 Å². The monoisotopic (exact) mass is 391 g/mol. The molecule has 3 aromatic carbocycles. The van der Waals surface area contributed by atoms with Crippen molar-refractivity contribution in [3.63, 3.8) is 0 Å². The van der Waals surface area contributed by atoms with E-state index in [1.165, 1.54) is 5.56 Å². The summed E-state index contributed by atoms with van der Waals surface area (Å²) in [7, 11) is 0. The van der Waals surface area contributed by atoms with Gasteiger partial charge in [-0.1, -0.05) is 61.5 Å². The van der Waals surface area contributed by atoms with Crippen LogP contribution in [0, 0.1) is 0 Å². The molecule has 3 rings (SSSR count). The van der Waals surface area contributed by atoms with Crippen molar-refractivity contribution >= 4 is 16.7 Å². The van der Waals surface area contributed by atoms with Crippen LogP contribution in [0.3, 0.4) is 0 Å². The summed E-state index contributed by atoms with van der Waals surface area (Å²) in [6.45, 7) is 5.21. The van der Waals surface area contributed by atoms with Crippen molar-refractivity contribution in [3.8, 4) is 11.5 Å². The summed E-state index contributed by atoms with van der Waals surface area (Å²) < 4.78 is 11.7. The fourth-order valence-corrected chi connectivity index (χ4v) is 3.38. The number of ether oxygens (including phenoxy) is 2. The van der Waals surface area contributed by atoms with Crippen LogP contribution < -0.4 is 14.8 Å². The Kier molecular flexibility index (Phi) is 7.51. The van der Waals surface area contributed by atoms with Gasteiger partial charge >= 0.3 is 0 Å². The first-order valence-corrected chi connectivity index (χ1v) is 10.4. The fourth-order valence-electron chi connectivity index (χ4n) is 3.38. The van der Waals surface area contributed by atoms with Crippen LogP contribution in [0.2, 0.25) is 0 Å². The standard InChI is InChI=1S/C25H29NO3/c1-3-22(29-24-17-9-13-19-11-5-7-15-21(19)24)25(27)26-18-10-14-20-12-6-8-16-23(20)28-4-2/h5-9,11-13,15-17,22H,3-4,10,14,18H2,1-2H3,(H,26,27)/t22-/m0/s1. The maximum absolute atomic E-state index is 12.6. The van der Waals surface area contributed by atoms with E-state index >= 15 is 0 Å². The Hall–Kier alpha value is -3.01. The topological polar surface area (TPSA) is 47.6 Å². The molecule has 0 saturated heterocycles. The summed E-state index contributed by atoms with van der Waals surface area (Å²) in [4.78, 5) is 12.6. The van der Waals surface area contributed by atoms with Gasteiger partial charge in [0.15, 0.2) is 6.10 Å². The minimum absolute atomic E-state index is 0.0708. The molecular weight excluding hydrogens is 362 g/mol. The van der Waals surface area contributed by atoms with Gasteiger partial charge in [0.05, 0.1) is 6.61 Å². The van der Waals surface area contributed by atoms with E-state index in [4.69, 9.17) is 9.47 Å². The number of carbonyl (C=O) groups is 1. The third kappa shape index (κ3) is 5.50. The Balaban J connectivity index is 1.54. The number of hydrogen-bond acceptors (Lipinski definition) is 3. The Labute approximate surface area is 172 Å². The molecule has 0 aromatic heterocycles. The summed E-state index contributed by atoms with van der Waals surface area (Å²) >= 11 is 0. The molecule has 1 N–H and O–H groups in total. The maximum atomic E-state index is 12.6. The van der Waals surface area contributed by atoms with Crippen LogP contribution in [0.25, 0.3) is 10.8 Å². The lowest BCUT2D eigenvalue weighted by atomic mass is 10.1. The smallest absolute Gasteiger partial charge is 0.261 e. The average molecular weight is 392 g/mol. The number of benzene rings is 3. The zero-order chi connectivity index (χ0) is 20.5. The van der Waals surface area contributed by atoms with E-state index in [1.807, 2.05) is 74.5 Å². The summed E-state index contributed by atoms with van der Waals surface area (Å²) in [5.41, 5.74) is 1.17. The molecule has 0 heterocycles. The van der Waals surface area contributed by atoms with Crippen LogP contribution in [0.5, 0.6) is 11.5 Å². The molecule has 0 aliphatic rings. The molecule has 1 amide bonds. The molecule has 4 heteroatoms. The van der Waals surface area contributed by atoms with Crippen LogP contribution in [-0.2, 0) is 11.2 Å². The van der Waals surface area contributed by atoms with Crippen LogP contribution in [0.4, 0.5) is 0 Å². The fraction of sp³-hybridized carbons (Fsp3) is 0.320. The quantitative estimate of drug-likeness (QED) is 0.487. The highest BCUT2D eigenvalue weighted by Gasteiger charge is 2.18. The van der Waals surface area contributed by atoms with E-state index < -0.39 is 6.10 Å². The first kappa shape index (κ1) is 20.7. The number of amides is 1. The van der Waals surface area contributed by atoms with Crippen LogP contribution in [0.15, 0.2) is 66.7 Å². The van der Waals surface area contributed by atoms with Crippen molar-refractivity contribution in [1.82, 2.24) is 5.32 Å². The highest BCUT2D eigenvalue weighted by molar-refractivity contribution is 5.89. The third-order valence-electron chi connectivity index (χ3n) is 4.88. The molecule has 0 bridgehead atoms. The number of fused-ring (bicyclic) bond motifs is 1. The van der Waals surface area contributed by atoms with Crippen molar-refractivity contribution < 1.29 is 14.3 Å². The van der Waals surface area contributed by atoms with Gasteiger partial charge in [-0.3, -0.25) is 4.79 Å². The highest BCUT2D eigenvalue weighted by atomic mass is 16.5. The molecule has 0 fully saturated rings. The SMILES string of the molecule is CCOc1ccccc1CCCNC(=O)[C@H](CC)Oc1cccc2ccccc12. The molecule has 0 saturated carbocycles. The van der Waals surface area contributed by atoms with Gasteiger partial charge in [-0.25, -0.2) is 0 Å². The van der Waals surface area contributed by atoms with E-state index in [0.717, 1.165) is 35.1 Å². The van der Waals surface area contributed by atoms with E-state index in [2.05, 4.69) is 11.4 Å². The zero-order valence-electron chi connectivity index (χ0n) is 17.2. The van der Waals surface area contributed by atoms with Gasteiger partial charge in [-0.2, -0.15) is 0 Å². The lowest BCUT2D eigenvalue weighted by Crippen LogP contribution is -2.38. The van der Waals surface area contributed by atoms with Gasteiger partial charge in [-0.05, 0) is 49.3 Å². The second-order valence-electron chi connectivity index (χ2n) is 6.93. The van der Waals surface area contributed by atoms with E-state index in [9.17, 15) is 4.79 Å². The molecule has 0 aliphatic heterocycles. The molecule has 29 heavy (non-hydrogen) atoms. The van der Waals surface area contributed by atoms with E-state index in [0.29, 0.717) is 19.6 Å². The van der Waals surface area contributed by atoms with E-state index in [-0.39, 0.29) is 5.91 Å². The summed E-state index contributed by atoms with van der Waals surface area (Å²) in [5, 5.41) is 5.15. The summed E-state index contributed by atoms with van der Waals surface area (Å²) in [6, 6.07) is 22.0. The molecule has 0 radical (unpaired) electrons. The van der Waals surface area contributed by atoms with E-state index in [1.54, 1.807) is 0 Å². The molecule has 0 spiro atoms. The average Bonchev–Trinajstić information content (AvgIpc) is 2.76. The van der Waals surface area contributed by atoms with Gasteiger partial charge < -0.3 is 14.8 Å². The van der Waals surface area contributed by atoms with Crippen LogP contribution in [0.1, 0.15) is 32.3 Å². The predicted molar refractivity (Wildman–Crippen MR) is 118 cm³/mol. The minimum Gasteiger partial charge on any atom is -0.494 e. The van der Waals surface area contributed by atoms with Gasteiger partial charge in [-0.15, -0.1) is 0 Å². The first-order chi connectivity index (χ1) is 14.2. The molecule has 152 valence electrons. The van der Waals surface area contributed by atoms with Gasteiger partial charge in [0.1, 0.15) is 11.5 Å². The molecule has 1 atom stereocenters. The third-order valence-corrected chi connectivity index (χ3v) is 4.88. The Morgan fingerprint density at radius 1 is 0.931 bits per heavy atom. The largest absolute Gasteiger partial charge is 0.494 e. The highest BCUT2D eigenvalue weighted by Crippen LogP contribution is 2.26.